The molecule has 0 atom stereocenters. The summed E-state index contributed by atoms with van der Waals surface area (Å²) >= 11 is 0. The molecule has 5 nitrogen and oxygen atoms in total. The maximum atomic E-state index is 12.3. The van der Waals surface area contributed by atoms with Crippen LogP contribution in [-0.4, -0.2) is 28.8 Å². The average Bonchev–Trinajstić information content (AvgIpc) is 3.33. The van der Waals surface area contributed by atoms with Gasteiger partial charge in [0.15, 0.2) is 0 Å². The minimum Gasteiger partial charge on any atom is -0.371 e. The Morgan fingerprint density at radius 3 is 2.89 bits per heavy atom. The van der Waals surface area contributed by atoms with Crippen LogP contribution in [0, 0.1) is 0 Å². The SMILES string of the molecule is CCN1CCc2ccc(NC(=O)/C=C/c3cnn(-c4ccccc4)c3)cc21. The fourth-order valence-corrected chi connectivity index (χ4v) is 3.35. The van der Waals surface area contributed by atoms with Gasteiger partial charge in [-0.15, -0.1) is 0 Å². The van der Waals surface area contributed by atoms with Crippen LogP contribution in [0.1, 0.15) is 18.1 Å². The number of hydrogen-bond donors (Lipinski definition) is 1. The predicted molar refractivity (Wildman–Crippen MR) is 109 cm³/mol. The van der Waals surface area contributed by atoms with Crippen molar-refractivity contribution in [2.45, 2.75) is 13.3 Å². The van der Waals surface area contributed by atoms with E-state index in [1.165, 1.54) is 17.3 Å². The molecule has 1 aliphatic heterocycles. The zero-order chi connectivity index (χ0) is 18.6. The second-order valence-electron chi connectivity index (χ2n) is 6.55. The van der Waals surface area contributed by atoms with Gasteiger partial charge in [-0.05, 0) is 49.2 Å². The van der Waals surface area contributed by atoms with Gasteiger partial charge in [-0.3, -0.25) is 4.79 Å². The minimum absolute atomic E-state index is 0.150. The first-order valence-corrected chi connectivity index (χ1v) is 9.20. The van der Waals surface area contributed by atoms with Crippen molar-refractivity contribution in [2.24, 2.45) is 0 Å². The van der Waals surface area contributed by atoms with Crippen molar-refractivity contribution in [1.82, 2.24) is 9.78 Å². The highest BCUT2D eigenvalue weighted by atomic mass is 16.1. The lowest BCUT2D eigenvalue weighted by atomic mass is 10.1. The van der Waals surface area contributed by atoms with Crippen LogP contribution in [0.5, 0.6) is 0 Å². The third-order valence-corrected chi connectivity index (χ3v) is 4.78. The van der Waals surface area contributed by atoms with E-state index in [0.29, 0.717) is 0 Å². The van der Waals surface area contributed by atoms with E-state index >= 15 is 0 Å². The van der Waals surface area contributed by atoms with Gasteiger partial charge in [0.25, 0.3) is 0 Å². The zero-order valence-electron chi connectivity index (χ0n) is 15.3. The van der Waals surface area contributed by atoms with E-state index in [-0.39, 0.29) is 5.91 Å². The molecule has 0 bridgehead atoms. The van der Waals surface area contributed by atoms with E-state index in [9.17, 15) is 4.79 Å². The number of para-hydroxylation sites is 1. The van der Waals surface area contributed by atoms with E-state index in [1.807, 2.05) is 42.6 Å². The Labute approximate surface area is 158 Å². The van der Waals surface area contributed by atoms with Crippen LogP contribution in [0.3, 0.4) is 0 Å². The normalized spacial score (nSPS) is 13.1. The molecule has 3 aromatic rings. The summed E-state index contributed by atoms with van der Waals surface area (Å²) in [5, 5.41) is 7.28. The molecule has 0 radical (unpaired) electrons. The molecule has 0 spiro atoms. The Kier molecular flexibility index (Phi) is 4.75. The molecule has 0 saturated carbocycles. The first-order valence-electron chi connectivity index (χ1n) is 9.20. The summed E-state index contributed by atoms with van der Waals surface area (Å²) in [6.45, 7) is 4.18. The molecule has 0 unspecified atom stereocenters. The van der Waals surface area contributed by atoms with E-state index in [1.54, 1.807) is 17.0 Å². The van der Waals surface area contributed by atoms with E-state index in [4.69, 9.17) is 0 Å². The number of fused-ring (bicyclic) bond motifs is 1. The topological polar surface area (TPSA) is 50.2 Å². The number of anilines is 2. The number of likely N-dealkylation sites (N-methyl/N-ethyl adjacent to an activating group) is 1. The average molecular weight is 358 g/mol. The van der Waals surface area contributed by atoms with Gasteiger partial charge in [0.05, 0.1) is 11.9 Å². The molecule has 5 heteroatoms. The van der Waals surface area contributed by atoms with Crippen molar-refractivity contribution in [3.63, 3.8) is 0 Å². The van der Waals surface area contributed by atoms with Crippen molar-refractivity contribution in [1.29, 1.82) is 0 Å². The maximum Gasteiger partial charge on any atom is 0.248 e. The van der Waals surface area contributed by atoms with Gasteiger partial charge < -0.3 is 10.2 Å². The predicted octanol–water partition coefficient (Wildman–Crippen LogP) is 3.91. The highest BCUT2D eigenvalue weighted by Crippen LogP contribution is 2.30. The van der Waals surface area contributed by atoms with Crippen molar-refractivity contribution < 1.29 is 4.79 Å². The molecule has 1 amide bonds. The molecular formula is C22H22N4O. The van der Waals surface area contributed by atoms with E-state index < -0.39 is 0 Å². The number of carbonyl (C=O) groups excluding carboxylic acids is 1. The molecule has 1 aliphatic rings. The van der Waals surface area contributed by atoms with Crippen LogP contribution in [-0.2, 0) is 11.2 Å². The number of aromatic nitrogens is 2. The number of amides is 1. The Balaban J connectivity index is 1.42. The molecular weight excluding hydrogens is 336 g/mol. The number of carbonyl (C=O) groups is 1. The van der Waals surface area contributed by atoms with Gasteiger partial charge >= 0.3 is 0 Å². The Hall–Kier alpha value is -3.34. The third kappa shape index (κ3) is 3.77. The number of hydrogen-bond acceptors (Lipinski definition) is 3. The molecule has 136 valence electrons. The lowest BCUT2D eigenvalue weighted by molar-refractivity contribution is -0.111. The van der Waals surface area contributed by atoms with Crippen LogP contribution in [0.2, 0.25) is 0 Å². The van der Waals surface area contributed by atoms with Crippen molar-refractivity contribution >= 4 is 23.4 Å². The second-order valence-corrected chi connectivity index (χ2v) is 6.55. The van der Waals surface area contributed by atoms with E-state index in [0.717, 1.165) is 36.4 Å². The molecule has 2 aromatic carbocycles. The Bertz CT molecular complexity index is 975. The monoisotopic (exact) mass is 358 g/mol. The molecule has 0 fully saturated rings. The van der Waals surface area contributed by atoms with Crippen LogP contribution in [0.15, 0.2) is 67.0 Å². The molecule has 1 N–H and O–H groups in total. The van der Waals surface area contributed by atoms with Gasteiger partial charge in [0, 0.05) is 42.3 Å². The van der Waals surface area contributed by atoms with Crippen LogP contribution in [0.25, 0.3) is 11.8 Å². The van der Waals surface area contributed by atoms with Gasteiger partial charge in [0.1, 0.15) is 0 Å². The van der Waals surface area contributed by atoms with Crippen LogP contribution in [0.4, 0.5) is 11.4 Å². The van der Waals surface area contributed by atoms with Crippen molar-refractivity contribution in [3.05, 3.63) is 78.1 Å². The van der Waals surface area contributed by atoms with Crippen LogP contribution >= 0.6 is 0 Å². The zero-order valence-corrected chi connectivity index (χ0v) is 15.3. The number of nitrogens with one attached hydrogen (secondary N) is 1. The first-order chi connectivity index (χ1) is 13.2. The summed E-state index contributed by atoms with van der Waals surface area (Å²) in [4.78, 5) is 14.6. The standard InChI is InChI=1S/C22H22N4O/c1-2-25-13-12-18-9-10-19(14-21(18)25)24-22(27)11-8-17-15-23-26(16-17)20-6-4-3-5-7-20/h3-11,14-16H,2,12-13H2,1H3,(H,24,27)/b11-8+. The highest BCUT2D eigenvalue weighted by Gasteiger charge is 2.17. The molecule has 4 rings (SSSR count). The number of nitrogens with zero attached hydrogens (tertiary/aromatic N) is 3. The molecule has 0 aliphatic carbocycles. The van der Waals surface area contributed by atoms with Crippen molar-refractivity contribution in [3.8, 4) is 5.69 Å². The van der Waals surface area contributed by atoms with Gasteiger partial charge in [0.2, 0.25) is 5.91 Å². The first kappa shape index (κ1) is 17.1. The summed E-state index contributed by atoms with van der Waals surface area (Å²) in [5.41, 5.74) is 5.26. The Morgan fingerprint density at radius 2 is 2.07 bits per heavy atom. The minimum atomic E-state index is -0.150. The Morgan fingerprint density at radius 1 is 1.22 bits per heavy atom. The molecule has 27 heavy (non-hydrogen) atoms. The van der Waals surface area contributed by atoms with Gasteiger partial charge in [-0.2, -0.15) is 5.10 Å². The number of rotatable bonds is 5. The summed E-state index contributed by atoms with van der Waals surface area (Å²) in [7, 11) is 0. The molecule has 2 heterocycles. The van der Waals surface area contributed by atoms with E-state index in [2.05, 4.69) is 34.4 Å². The maximum absolute atomic E-state index is 12.3. The smallest absolute Gasteiger partial charge is 0.248 e. The number of benzene rings is 2. The fraction of sp³-hybridized carbons (Fsp3) is 0.182. The summed E-state index contributed by atoms with van der Waals surface area (Å²) in [5.74, 6) is -0.150. The molecule has 1 aromatic heterocycles. The summed E-state index contributed by atoms with van der Waals surface area (Å²) in [6, 6.07) is 16.0. The van der Waals surface area contributed by atoms with Crippen LogP contribution < -0.4 is 10.2 Å². The fourth-order valence-electron chi connectivity index (χ4n) is 3.35. The van der Waals surface area contributed by atoms with Crippen molar-refractivity contribution in [2.75, 3.05) is 23.3 Å². The lowest BCUT2D eigenvalue weighted by Gasteiger charge is -2.17. The lowest BCUT2D eigenvalue weighted by Crippen LogP contribution is -2.19. The van der Waals surface area contributed by atoms with Gasteiger partial charge in [-0.25, -0.2) is 4.68 Å². The quantitative estimate of drug-likeness (QED) is 0.704. The highest BCUT2D eigenvalue weighted by molar-refractivity contribution is 6.02. The summed E-state index contributed by atoms with van der Waals surface area (Å²) in [6.07, 6.45) is 8.02. The molecule has 0 saturated heterocycles. The van der Waals surface area contributed by atoms with Gasteiger partial charge in [-0.1, -0.05) is 24.3 Å². The second kappa shape index (κ2) is 7.50. The summed E-state index contributed by atoms with van der Waals surface area (Å²) < 4.78 is 1.79. The third-order valence-electron chi connectivity index (χ3n) is 4.78. The largest absolute Gasteiger partial charge is 0.371 e.